The van der Waals surface area contributed by atoms with Gasteiger partial charge >= 0.3 is 0 Å². The van der Waals surface area contributed by atoms with Gasteiger partial charge in [-0.1, -0.05) is 23.7 Å². The van der Waals surface area contributed by atoms with Crippen LogP contribution >= 0.6 is 11.6 Å². The molecule has 0 amide bonds. The molecule has 2 fully saturated rings. The van der Waals surface area contributed by atoms with Crippen LogP contribution in [0.4, 0.5) is 5.82 Å². The van der Waals surface area contributed by atoms with E-state index in [9.17, 15) is 0 Å². The third kappa shape index (κ3) is 1.56. The van der Waals surface area contributed by atoms with Gasteiger partial charge in [-0.15, -0.1) is 0 Å². The first-order valence-corrected chi connectivity index (χ1v) is 6.60. The van der Waals surface area contributed by atoms with Crippen molar-refractivity contribution in [3.05, 3.63) is 29.4 Å². The maximum absolute atomic E-state index is 6.18. The summed E-state index contributed by atoms with van der Waals surface area (Å²) >= 11 is 6.18. The lowest BCUT2D eigenvalue weighted by Crippen LogP contribution is -2.22. The van der Waals surface area contributed by atoms with E-state index in [0.29, 0.717) is 11.2 Å². The number of benzene rings is 1. The molecule has 1 saturated heterocycles. The molecule has 3 atom stereocenters. The van der Waals surface area contributed by atoms with Gasteiger partial charge in [0.05, 0.1) is 11.0 Å². The number of halogens is 1. The Hall–Kier alpha value is -1.39. The first kappa shape index (κ1) is 10.5. The van der Waals surface area contributed by atoms with Gasteiger partial charge in [0, 0.05) is 19.1 Å². The molecule has 4 nitrogen and oxygen atoms in total. The van der Waals surface area contributed by atoms with Crippen molar-refractivity contribution in [1.82, 2.24) is 15.3 Å². The molecule has 2 aliphatic rings. The van der Waals surface area contributed by atoms with Crippen LogP contribution < -0.4 is 10.6 Å². The Bertz CT molecular complexity index is 605. The number of piperidine rings is 1. The van der Waals surface area contributed by atoms with E-state index in [2.05, 4.69) is 20.6 Å². The van der Waals surface area contributed by atoms with Crippen molar-refractivity contribution in [2.75, 3.05) is 18.4 Å². The molecular weight excluding hydrogens is 248 g/mol. The zero-order valence-corrected chi connectivity index (χ0v) is 10.5. The third-order valence-corrected chi connectivity index (χ3v) is 4.19. The number of rotatable bonds is 2. The summed E-state index contributed by atoms with van der Waals surface area (Å²) in [5, 5.41) is 7.27. The first-order chi connectivity index (χ1) is 8.83. The predicted octanol–water partition coefficient (Wildman–Crippen LogP) is 1.91. The summed E-state index contributed by atoms with van der Waals surface area (Å²) in [5.41, 5.74) is 1.72. The lowest BCUT2D eigenvalue weighted by Gasteiger charge is -2.10. The molecule has 1 saturated carbocycles. The quantitative estimate of drug-likeness (QED) is 0.866. The van der Waals surface area contributed by atoms with Gasteiger partial charge in [0.1, 0.15) is 0 Å². The predicted molar refractivity (Wildman–Crippen MR) is 71.8 cm³/mol. The molecule has 2 N–H and O–H groups in total. The zero-order valence-electron chi connectivity index (χ0n) is 9.73. The van der Waals surface area contributed by atoms with E-state index in [0.717, 1.165) is 41.8 Å². The topological polar surface area (TPSA) is 49.8 Å². The molecule has 2 heterocycles. The Morgan fingerprint density at radius 3 is 2.50 bits per heavy atom. The molecule has 1 aliphatic heterocycles. The van der Waals surface area contributed by atoms with Crippen LogP contribution in [-0.4, -0.2) is 29.1 Å². The average Bonchev–Trinajstić information content (AvgIpc) is 2.83. The van der Waals surface area contributed by atoms with E-state index >= 15 is 0 Å². The summed E-state index contributed by atoms with van der Waals surface area (Å²) in [7, 11) is 0. The van der Waals surface area contributed by atoms with E-state index in [1.165, 1.54) is 0 Å². The molecule has 4 rings (SSSR count). The van der Waals surface area contributed by atoms with Crippen molar-refractivity contribution < 1.29 is 0 Å². The van der Waals surface area contributed by atoms with Gasteiger partial charge in [0.2, 0.25) is 0 Å². The van der Waals surface area contributed by atoms with Crippen LogP contribution in [0.5, 0.6) is 0 Å². The number of para-hydroxylation sites is 2. The highest BCUT2D eigenvalue weighted by Crippen LogP contribution is 2.44. The van der Waals surface area contributed by atoms with Gasteiger partial charge in [-0.05, 0) is 24.0 Å². The van der Waals surface area contributed by atoms with Gasteiger partial charge in [-0.2, -0.15) is 0 Å². The molecule has 1 aromatic heterocycles. The number of aromatic nitrogens is 2. The fourth-order valence-electron chi connectivity index (χ4n) is 2.86. The van der Waals surface area contributed by atoms with E-state index < -0.39 is 0 Å². The van der Waals surface area contributed by atoms with Gasteiger partial charge in [-0.25, -0.2) is 9.97 Å². The van der Waals surface area contributed by atoms with Crippen molar-refractivity contribution in [2.24, 2.45) is 11.8 Å². The summed E-state index contributed by atoms with van der Waals surface area (Å²) in [4.78, 5) is 8.93. The number of nitrogens with one attached hydrogen (secondary N) is 2. The molecule has 0 bridgehead atoms. The Morgan fingerprint density at radius 2 is 1.78 bits per heavy atom. The maximum Gasteiger partial charge on any atom is 0.172 e. The molecule has 2 aromatic rings. The maximum atomic E-state index is 6.18. The molecule has 1 aliphatic carbocycles. The Labute approximate surface area is 110 Å². The monoisotopic (exact) mass is 260 g/mol. The van der Waals surface area contributed by atoms with Crippen molar-refractivity contribution in [3.8, 4) is 0 Å². The van der Waals surface area contributed by atoms with Crippen molar-refractivity contribution in [3.63, 3.8) is 0 Å². The van der Waals surface area contributed by atoms with Crippen LogP contribution in [0, 0.1) is 11.8 Å². The number of fused-ring (bicyclic) bond motifs is 2. The minimum absolute atomic E-state index is 0.464. The number of anilines is 1. The smallest absolute Gasteiger partial charge is 0.172 e. The Kier molecular flexibility index (Phi) is 2.22. The second-order valence-electron chi connectivity index (χ2n) is 5.01. The summed E-state index contributed by atoms with van der Waals surface area (Å²) < 4.78 is 0. The van der Waals surface area contributed by atoms with Gasteiger partial charge in [-0.3, -0.25) is 0 Å². The average molecular weight is 261 g/mol. The van der Waals surface area contributed by atoms with E-state index in [4.69, 9.17) is 11.6 Å². The van der Waals surface area contributed by atoms with Crippen LogP contribution in [-0.2, 0) is 0 Å². The van der Waals surface area contributed by atoms with Gasteiger partial charge in [0.25, 0.3) is 0 Å². The lowest BCUT2D eigenvalue weighted by molar-refractivity contribution is 0.695. The van der Waals surface area contributed by atoms with E-state index in [-0.39, 0.29) is 0 Å². The minimum atomic E-state index is 0.464. The number of hydrogen-bond acceptors (Lipinski definition) is 4. The molecule has 0 unspecified atom stereocenters. The fourth-order valence-corrected chi connectivity index (χ4v) is 3.05. The van der Waals surface area contributed by atoms with Crippen molar-refractivity contribution in [2.45, 2.75) is 6.04 Å². The molecule has 0 radical (unpaired) electrons. The Balaban J connectivity index is 1.66. The summed E-state index contributed by atoms with van der Waals surface area (Å²) in [5.74, 6) is 2.18. The van der Waals surface area contributed by atoms with Crippen LogP contribution in [0.2, 0.25) is 5.15 Å². The summed E-state index contributed by atoms with van der Waals surface area (Å²) in [6.07, 6.45) is 0. The van der Waals surface area contributed by atoms with Crippen molar-refractivity contribution in [1.29, 1.82) is 0 Å². The van der Waals surface area contributed by atoms with E-state index in [1.807, 2.05) is 24.3 Å². The summed E-state index contributed by atoms with van der Waals surface area (Å²) in [6, 6.07) is 8.30. The molecule has 5 heteroatoms. The highest BCUT2D eigenvalue weighted by atomic mass is 35.5. The van der Waals surface area contributed by atoms with Crippen LogP contribution in [0.3, 0.4) is 0 Å². The second-order valence-corrected chi connectivity index (χ2v) is 5.37. The van der Waals surface area contributed by atoms with Crippen LogP contribution in [0.15, 0.2) is 24.3 Å². The molecule has 92 valence electrons. The molecular formula is C13H13ClN4. The zero-order chi connectivity index (χ0) is 12.1. The highest BCUT2D eigenvalue weighted by molar-refractivity contribution is 6.32. The van der Waals surface area contributed by atoms with Crippen LogP contribution in [0.1, 0.15) is 0 Å². The summed E-state index contributed by atoms with van der Waals surface area (Å²) in [6.45, 7) is 2.20. The second kappa shape index (κ2) is 3.80. The Morgan fingerprint density at radius 1 is 1.11 bits per heavy atom. The van der Waals surface area contributed by atoms with Crippen molar-refractivity contribution >= 4 is 28.5 Å². The van der Waals surface area contributed by atoms with Gasteiger partial charge < -0.3 is 10.6 Å². The lowest BCUT2D eigenvalue weighted by atomic mass is 10.3. The largest absolute Gasteiger partial charge is 0.364 e. The van der Waals surface area contributed by atoms with Crippen LogP contribution in [0.25, 0.3) is 11.0 Å². The normalized spacial score (nSPS) is 29.3. The van der Waals surface area contributed by atoms with Gasteiger partial charge in [0.15, 0.2) is 11.0 Å². The first-order valence-electron chi connectivity index (χ1n) is 6.22. The third-order valence-electron chi connectivity index (χ3n) is 3.92. The number of nitrogens with zero attached hydrogens (tertiary/aromatic N) is 2. The SMILES string of the molecule is Clc1nc2ccccc2nc1N[C@H]1[C@@H]2CNC[C@@H]21. The van der Waals surface area contributed by atoms with E-state index in [1.54, 1.807) is 0 Å². The molecule has 18 heavy (non-hydrogen) atoms. The number of hydrogen-bond donors (Lipinski definition) is 2. The molecule has 0 spiro atoms. The standard InChI is InChI=1S/C13H13ClN4/c14-12-13(18-11-7-5-15-6-8(7)11)17-10-4-2-1-3-9(10)16-12/h1-4,7-8,11,15H,5-6H2,(H,17,18)/t7-,8+,11+. The minimum Gasteiger partial charge on any atom is -0.364 e. The highest BCUT2D eigenvalue weighted by Gasteiger charge is 2.53. The molecule has 1 aromatic carbocycles. The fraction of sp³-hybridized carbons (Fsp3) is 0.385.